The second-order valence-corrected chi connectivity index (χ2v) is 7.52. The quantitative estimate of drug-likeness (QED) is 0.243. The standard InChI is InChI=1S/C19H33IO2/c1-5-6-8-16(3)13-18-17(14-19(21-4)22-18)11-10-15(2)9-7-12-20/h9,13,17-19H,5-8,10-12,14H2,1-4H3/b15-9+,16-13+/t17?,18-,19?/m1/s1. The average molecular weight is 420 g/mol. The Labute approximate surface area is 150 Å². The van der Waals surface area contributed by atoms with E-state index in [-0.39, 0.29) is 12.4 Å². The number of hydrogen-bond donors (Lipinski definition) is 0. The van der Waals surface area contributed by atoms with E-state index in [0.29, 0.717) is 5.92 Å². The summed E-state index contributed by atoms with van der Waals surface area (Å²) in [5.41, 5.74) is 2.98. The molecule has 0 amide bonds. The zero-order valence-electron chi connectivity index (χ0n) is 14.7. The Morgan fingerprint density at radius 1 is 1.27 bits per heavy atom. The SMILES string of the molecule is CCCC/C(C)=C/[C@H]1OC(OC)CC1CC/C(C)=C/CCI. The number of unbranched alkanes of at least 4 members (excludes halogenated alkanes) is 1. The molecular weight excluding hydrogens is 387 g/mol. The van der Waals surface area contributed by atoms with Gasteiger partial charge in [-0.3, -0.25) is 0 Å². The monoisotopic (exact) mass is 420 g/mol. The molecule has 2 unspecified atom stereocenters. The molecule has 0 aromatic carbocycles. The van der Waals surface area contributed by atoms with Gasteiger partial charge < -0.3 is 9.47 Å². The largest absolute Gasteiger partial charge is 0.356 e. The number of allylic oxidation sites excluding steroid dienone is 3. The first-order chi connectivity index (χ1) is 10.6. The first kappa shape index (κ1) is 20.2. The average Bonchev–Trinajstić information content (AvgIpc) is 2.90. The van der Waals surface area contributed by atoms with Crippen LogP contribution in [0.1, 0.15) is 65.7 Å². The zero-order chi connectivity index (χ0) is 16.4. The summed E-state index contributed by atoms with van der Waals surface area (Å²) in [5.74, 6) is 0.587. The number of methoxy groups -OCH3 is 1. The molecular formula is C19H33IO2. The molecule has 0 bridgehead atoms. The van der Waals surface area contributed by atoms with E-state index >= 15 is 0 Å². The highest BCUT2D eigenvalue weighted by Crippen LogP contribution is 2.33. The number of halogens is 1. The lowest BCUT2D eigenvalue weighted by Crippen LogP contribution is -2.14. The number of ether oxygens (including phenoxy) is 2. The highest BCUT2D eigenvalue weighted by molar-refractivity contribution is 14.1. The molecule has 0 N–H and O–H groups in total. The fourth-order valence-electron chi connectivity index (χ4n) is 2.97. The lowest BCUT2D eigenvalue weighted by molar-refractivity contribution is -0.105. The Hall–Kier alpha value is 0.130. The maximum Gasteiger partial charge on any atom is 0.158 e. The van der Waals surface area contributed by atoms with Gasteiger partial charge in [0, 0.05) is 18.0 Å². The van der Waals surface area contributed by atoms with Crippen LogP contribution >= 0.6 is 22.6 Å². The third-order valence-electron chi connectivity index (χ3n) is 4.42. The second kappa shape index (κ2) is 11.6. The van der Waals surface area contributed by atoms with Gasteiger partial charge in [0.2, 0.25) is 0 Å². The highest BCUT2D eigenvalue weighted by Gasteiger charge is 2.33. The van der Waals surface area contributed by atoms with Gasteiger partial charge in [0.1, 0.15) is 0 Å². The van der Waals surface area contributed by atoms with Crippen LogP contribution in [0, 0.1) is 5.92 Å². The van der Waals surface area contributed by atoms with Crippen molar-refractivity contribution < 1.29 is 9.47 Å². The normalized spacial score (nSPS) is 26.7. The summed E-state index contributed by atoms with van der Waals surface area (Å²) in [6.07, 6.45) is 13.2. The van der Waals surface area contributed by atoms with Gasteiger partial charge in [0.15, 0.2) is 6.29 Å². The van der Waals surface area contributed by atoms with Crippen LogP contribution in [0.4, 0.5) is 0 Å². The van der Waals surface area contributed by atoms with Gasteiger partial charge in [-0.05, 0) is 51.9 Å². The van der Waals surface area contributed by atoms with Crippen molar-refractivity contribution in [2.75, 3.05) is 11.5 Å². The lowest BCUT2D eigenvalue weighted by Gasteiger charge is -2.16. The van der Waals surface area contributed by atoms with Crippen LogP contribution in [-0.4, -0.2) is 23.9 Å². The Balaban J connectivity index is 2.56. The van der Waals surface area contributed by atoms with Crippen molar-refractivity contribution in [3.63, 3.8) is 0 Å². The maximum atomic E-state index is 6.07. The fourth-order valence-corrected chi connectivity index (χ4v) is 3.28. The minimum absolute atomic E-state index is 0.0242. The summed E-state index contributed by atoms with van der Waals surface area (Å²) >= 11 is 2.43. The van der Waals surface area contributed by atoms with E-state index in [9.17, 15) is 0 Å². The van der Waals surface area contributed by atoms with Crippen molar-refractivity contribution in [3.8, 4) is 0 Å². The van der Waals surface area contributed by atoms with E-state index < -0.39 is 0 Å². The topological polar surface area (TPSA) is 18.5 Å². The van der Waals surface area contributed by atoms with Gasteiger partial charge >= 0.3 is 0 Å². The molecule has 1 rings (SSSR count). The Kier molecular flexibility index (Phi) is 10.7. The molecule has 1 saturated heterocycles. The molecule has 3 atom stereocenters. The van der Waals surface area contributed by atoms with Crippen LogP contribution in [0.3, 0.4) is 0 Å². The Bertz CT molecular complexity index is 362. The van der Waals surface area contributed by atoms with Crippen LogP contribution in [0.2, 0.25) is 0 Å². The molecule has 1 heterocycles. The van der Waals surface area contributed by atoms with Gasteiger partial charge in [0.05, 0.1) is 6.10 Å². The van der Waals surface area contributed by atoms with Crippen molar-refractivity contribution in [1.29, 1.82) is 0 Å². The fraction of sp³-hybridized carbons (Fsp3) is 0.789. The summed E-state index contributed by atoms with van der Waals surface area (Å²) in [5, 5.41) is 0. The van der Waals surface area contributed by atoms with Gasteiger partial charge in [-0.25, -0.2) is 0 Å². The van der Waals surface area contributed by atoms with E-state index in [2.05, 4.69) is 55.5 Å². The lowest BCUT2D eigenvalue weighted by atomic mass is 9.91. The number of alkyl halides is 1. The van der Waals surface area contributed by atoms with Crippen LogP contribution in [0.25, 0.3) is 0 Å². The van der Waals surface area contributed by atoms with Crippen LogP contribution in [-0.2, 0) is 9.47 Å². The summed E-state index contributed by atoms with van der Waals surface area (Å²) in [7, 11) is 1.75. The molecule has 3 heteroatoms. The van der Waals surface area contributed by atoms with E-state index in [4.69, 9.17) is 9.47 Å². The molecule has 1 aliphatic heterocycles. The van der Waals surface area contributed by atoms with E-state index in [1.807, 2.05) is 0 Å². The number of hydrogen-bond acceptors (Lipinski definition) is 2. The van der Waals surface area contributed by atoms with Crippen LogP contribution in [0.15, 0.2) is 23.3 Å². The number of rotatable bonds is 10. The predicted octanol–water partition coefficient (Wildman–Crippen LogP) is 6.05. The first-order valence-corrected chi connectivity index (χ1v) is 10.2. The van der Waals surface area contributed by atoms with E-state index in [1.54, 1.807) is 7.11 Å². The summed E-state index contributed by atoms with van der Waals surface area (Å²) < 4.78 is 12.7. The zero-order valence-corrected chi connectivity index (χ0v) is 16.9. The molecule has 1 aliphatic rings. The molecule has 22 heavy (non-hydrogen) atoms. The van der Waals surface area contributed by atoms with Crippen LogP contribution in [0.5, 0.6) is 0 Å². The van der Waals surface area contributed by atoms with E-state index in [1.165, 1.54) is 54.1 Å². The van der Waals surface area contributed by atoms with Crippen molar-refractivity contribution in [3.05, 3.63) is 23.3 Å². The Morgan fingerprint density at radius 2 is 2.05 bits per heavy atom. The predicted molar refractivity (Wildman–Crippen MR) is 104 cm³/mol. The minimum atomic E-state index is -0.0242. The first-order valence-electron chi connectivity index (χ1n) is 8.67. The third kappa shape index (κ3) is 7.60. The molecule has 0 spiro atoms. The van der Waals surface area contributed by atoms with Gasteiger partial charge in [0.25, 0.3) is 0 Å². The van der Waals surface area contributed by atoms with Crippen molar-refractivity contribution >= 4 is 22.6 Å². The molecule has 0 radical (unpaired) electrons. The molecule has 0 aromatic rings. The molecule has 0 aliphatic carbocycles. The van der Waals surface area contributed by atoms with Gasteiger partial charge in [-0.1, -0.05) is 59.2 Å². The van der Waals surface area contributed by atoms with Crippen molar-refractivity contribution in [1.82, 2.24) is 0 Å². The molecule has 128 valence electrons. The molecule has 0 aromatic heterocycles. The van der Waals surface area contributed by atoms with Crippen molar-refractivity contribution in [2.45, 2.75) is 78.1 Å². The molecule has 2 nitrogen and oxygen atoms in total. The van der Waals surface area contributed by atoms with Crippen LogP contribution < -0.4 is 0 Å². The van der Waals surface area contributed by atoms with Gasteiger partial charge in [-0.2, -0.15) is 0 Å². The summed E-state index contributed by atoms with van der Waals surface area (Å²) in [6.45, 7) is 6.74. The minimum Gasteiger partial charge on any atom is -0.356 e. The molecule has 1 fully saturated rings. The summed E-state index contributed by atoms with van der Waals surface area (Å²) in [6, 6.07) is 0. The smallest absolute Gasteiger partial charge is 0.158 e. The maximum absolute atomic E-state index is 6.07. The van der Waals surface area contributed by atoms with Crippen molar-refractivity contribution in [2.24, 2.45) is 5.92 Å². The highest BCUT2D eigenvalue weighted by atomic mass is 127. The summed E-state index contributed by atoms with van der Waals surface area (Å²) in [4.78, 5) is 0. The van der Waals surface area contributed by atoms with E-state index in [0.717, 1.165) is 6.42 Å². The second-order valence-electron chi connectivity index (χ2n) is 6.45. The Morgan fingerprint density at radius 3 is 2.68 bits per heavy atom. The van der Waals surface area contributed by atoms with Gasteiger partial charge in [-0.15, -0.1) is 0 Å². The molecule has 0 saturated carbocycles. The third-order valence-corrected chi connectivity index (χ3v) is 5.04.